The van der Waals surface area contributed by atoms with E-state index in [4.69, 9.17) is 4.74 Å². The van der Waals surface area contributed by atoms with Gasteiger partial charge in [0.15, 0.2) is 0 Å². The lowest BCUT2D eigenvalue weighted by molar-refractivity contribution is 0.122. The second-order valence-electron chi connectivity index (χ2n) is 7.48. The van der Waals surface area contributed by atoms with Crippen LogP contribution >= 0.6 is 0 Å². The maximum absolute atomic E-state index is 5.42. The minimum absolute atomic E-state index is 0.804. The van der Waals surface area contributed by atoms with Crippen molar-refractivity contribution in [3.63, 3.8) is 0 Å². The van der Waals surface area contributed by atoms with Crippen molar-refractivity contribution < 1.29 is 4.74 Å². The predicted octanol–water partition coefficient (Wildman–Crippen LogP) is 2.28. The molecular formula is C22H30N4O. The van der Waals surface area contributed by atoms with E-state index in [-0.39, 0.29) is 0 Å². The third kappa shape index (κ3) is 5.28. The lowest BCUT2D eigenvalue weighted by atomic mass is 10.1. The Bertz CT molecular complexity index is 677. The number of pyridine rings is 1. The van der Waals surface area contributed by atoms with Gasteiger partial charge in [0.1, 0.15) is 5.82 Å². The van der Waals surface area contributed by atoms with Gasteiger partial charge in [-0.05, 0) is 23.6 Å². The number of morpholine rings is 1. The molecule has 0 aliphatic carbocycles. The molecule has 0 spiro atoms. The summed E-state index contributed by atoms with van der Waals surface area (Å²) >= 11 is 0. The Balaban J connectivity index is 1.21. The van der Waals surface area contributed by atoms with Gasteiger partial charge in [0.2, 0.25) is 0 Å². The highest BCUT2D eigenvalue weighted by atomic mass is 16.5. The lowest BCUT2D eigenvalue weighted by Gasteiger charge is -2.34. The Morgan fingerprint density at radius 3 is 2.22 bits per heavy atom. The first-order chi connectivity index (χ1) is 13.4. The van der Waals surface area contributed by atoms with Gasteiger partial charge in [-0.2, -0.15) is 0 Å². The van der Waals surface area contributed by atoms with Crippen molar-refractivity contribution in [2.75, 3.05) is 63.9 Å². The largest absolute Gasteiger partial charge is 0.378 e. The normalized spacial score (nSPS) is 19.3. The third-order valence-corrected chi connectivity index (χ3v) is 5.57. The first-order valence-electron chi connectivity index (χ1n) is 10.1. The highest BCUT2D eigenvalue weighted by Crippen LogP contribution is 2.15. The van der Waals surface area contributed by atoms with Crippen LogP contribution in [0, 0.1) is 0 Å². The van der Waals surface area contributed by atoms with Crippen molar-refractivity contribution in [1.82, 2.24) is 14.8 Å². The summed E-state index contributed by atoms with van der Waals surface area (Å²) in [6, 6.07) is 15.2. The fourth-order valence-corrected chi connectivity index (χ4v) is 3.85. The van der Waals surface area contributed by atoms with Gasteiger partial charge in [-0.15, -0.1) is 0 Å². The number of aromatic nitrogens is 1. The molecule has 3 heterocycles. The number of rotatable bonds is 6. The van der Waals surface area contributed by atoms with Crippen LogP contribution in [0.5, 0.6) is 0 Å². The number of anilines is 1. The summed E-state index contributed by atoms with van der Waals surface area (Å²) in [6.45, 7) is 10.2. The summed E-state index contributed by atoms with van der Waals surface area (Å²) in [4.78, 5) is 12.1. The molecule has 0 radical (unpaired) electrons. The average molecular weight is 367 g/mol. The fourth-order valence-electron chi connectivity index (χ4n) is 3.85. The molecule has 2 aliphatic heterocycles. The summed E-state index contributed by atoms with van der Waals surface area (Å²) in [7, 11) is 0. The van der Waals surface area contributed by atoms with Crippen molar-refractivity contribution in [2.45, 2.75) is 13.0 Å². The molecule has 0 unspecified atom stereocenters. The van der Waals surface area contributed by atoms with Gasteiger partial charge < -0.3 is 14.5 Å². The number of piperazine rings is 1. The molecular weight excluding hydrogens is 336 g/mol. The van der Waals surface area contributed by atoms with E-state index >= 15 is 0 Å². The van der Waals surface area contributed by atoms with E-state index in [9.17, 15) is 0 Å². The molecule has 0 bridgehead atoms. The molecule has 5 nitrogen and oxygen atoms in total. The summed E-state index contributed by atoms with van der Waals surface area (Å²) in [5.41, 5.74) is 2.75. The van der Waals surface area contributed by atoms with Crippen LogP contribution in [-0.2, 0) is 17.7 Å². The molecule has 4 rings (SSSR count). The Labute approximate surface area is 162 Å². The standard InChI is InChI=1S/C22H30N4O/c1-2-4-20(5-3-1)8-9-24-10-12-25(13-11-24)19-21-6-7-22(23-18-21)26-14-16-27-17-15-26/h1-7,18H,8-17,19H2. The van der Waals surface area contributed by atoms with Crippen LogP contribution in [0.1, 0.15) is 11.1 Å². The Morgan fingerprint density at radius 2 is 1.52 bits per heavy atom. The molecule has 2 aromatic rings. The van der Waals surface area contributed by atoms with E-state index in [0.717, 1.165) is 77.8 Å². The van der Waals surface area contributed by atoms with E-state index in [2.05, 4.69) is 62.1 Å². The van der Waals surface area contributed by atoms with Crippen LogP contribution < -0.4 is 4.90 Å². The number of ether oxygens (including phenoxy) is 1. The number of hydrogen-bond acceptors (Lipinski definition) is 5. The van der Waals surface area contributed by atoms with Crippen LogP contribution in [-0.4, -0.2) is 73.8 Å². The Morgan fingerprint density at radius 1 is 0.778 bits per heavy atom. The van der Waals surface area contributed by atoms with Crippen molar-refractivity contribution in [3.8, 4) is 0 Å². The van der Waals surface area contributed by atoms with E-state index in [1.54, 1.807) is 0 Å². The minimum atomic E-state index is 0.804. The van der Waals surface area contributed by atoms with E-state index in [0.29, 0.717) is 0 Å². The number of nitrogens with zero attached hydrogens (tertiary/aromatic N) is 4. The number of hydrogen-bond donors (Lipinski definition) is 0. The van der Waals surface area contributed by atoms with E-state index in [1.807, 2.05) is 6.20 Å². The average Bonchev–Trinajstić information content (AvgIpc) is 2.75. The Kier molecular flexibility index (Phi) is 6.35. The van der Waals surface area contributed by atoms with Crippen LogP contribution in [0.25, 0.3) is 0 Å². The number of benzene rings is 1. The molecule has 0 atom stereocenters. The molecule has 2 fully saturated rings. The molecule has 0 N–H and O–H groups in total. The second-order valence-corrected chi connectivity index (χ2v) is 7.48. The van der Waals surface area contributed by atoms with E-state index < -0.39 is 0 Å². The van der Waals surface area contributed by atoms with Crippen molar-refractivity contribution in [1.29, 1.82) is 0 Å². The maximum atomic E-state index is 5.42. The van der Waals surface area contributed by atoms with Gasteiger partial charge in [0.25, 0.3) is 0 Å². The highest BCUT2D eigenvalue weighted by Gasteiger charge is 2.17. The molecule has 27 heavy (non-hydrogen) atoms. The molecule has 5 heteroatoms. The first kappa shape index (κ1) is 18.4. The van der Waals surface area contributed by atoms with Crippen LogP contribution in [0.15, 0.2) is 48.7 Å². The maximum Gasteiger partial charge on any atom is 0.128 e. The topological polar surface area (TPSA) is 31.8 Å². The highest BCUT2D eigenvalue weighted by molar-refractivity contribution is 5.39. The van der Waals surface area contributed by atoms with Gasteiger partial charge in [-0.1, -0.05) is 36.4 Å². The molecule has 0 saturated carbocycles. The Hall–Kier alpha value is -1.95. The van der Waals surface area contributed by atoms with Crippen LogP contribution in [0.2, 0.25) is 0 Å². The monoisotopic (exact) mass is 366 g/mol. The van der Waals surface area contributed by atoms with Crippen molar-refractivity contribution in [2.24, 2.45) is 0 Å². The first-order valence-corrected chi connectivity index (χ1v) is 10.1. The van der Waals surface area contributed by atoms with Crippen LogP contribution in [0.4, 0.5) is 5.82 Å². The van der Waals surface area contributed by atoms with Crippen LogP contribution in [0.3, 0.4) is 0 Å². The quantitative estimate of drug-likeness (QED) is 0.783. The second kappa shape index (κ2) is 9.31. The summed E-state index contributed by atoms with van der Waals surface area (Å²) in [5, 5.41) is 0. The predicted molar refractivity (Wildman–Crippen MR) is 109 cm³/mol. The molecule has 0 amide bonds. The molecule has 144 valence electrons. The minimum Gasteiger partial charge on any atom is -0.378 e. The van der Waals surface area contributed by atoms with Crippen molar-refractivity contribution in [3.05, 3.63) is 59.8 Å². The van der Waals surface area contributed by atoms with Gasteiger partial charge in [-0.25, -0.2) is 4.98 Å². The SMILES string of the molecule is c1ccc(CCN2CCN(Cc3ccc(N4CCOCC4)nc3)CC2)cc1. The molecule has 2 saturated heterocycles. The van der Waals surface area contributed by atoms with Gasteiger partial charge in [0.05, 0.1) is 13.2 Å². The van der Waals surface area contributed by atoms with Gasteiger partial charge in [0, 0.05) is 58.6 Å². The summed E-state index contributed by atoms with van der Waals surface area (Å²) in [5.74, 6) is 1.08. The summed E-state index contributed by atoms with van der Waals surface area (Å²) < 4.78 is 5.42. The molecule has 1 aromatic carbocycles. The zero-order valence-electron chi connectivity index (χ0n) is 16.1. The zero-order valence-corrected chi connectivity index (χ0v) is 16.1. The fraction of sp³-hybridized carbons (Fsp3) is 0.500. The third-order valence-electron chi connectivity index (χ3n) is 5.57. The lowest BCUT2D eigenvalue weighted by Crippen LogP contribution is -2.46. The molecule has 1 aromatic heterocycles. The van der Waals surface area contributed by atoms with Gasteiger partial charge in [-0.3, -0.25) is 4.90 Å². The zero-order chi connectivity index (χ0) is 18.3. The molecule has 2 aliphatic rings. The summed E-state index contributed by atoms with van der Waals surface area (Å²) in [6.07, 6.45) is 3.19. The van der Waals surface area contributed by atoms with Crippen molar-refractivity contribution >= 4 is 5.82 Å². The van der Waals surface area contributed by atoms with Gasteiger partial charge >= 0.3 is 0 Å². The van der Waals surface area contributed by atoms with E-state index in [1.165, 1.54) is 11.1 Å². The smallest absolute Gasteiger partial charge is 0.128 e.